The van der Waals surface area contributed by atoms with Gasteiger partial charge in [-0.25, -0.2) is 4.79 Å². The minimum atomic E-state index is -4.83. The molecular formula is C14H13F3O4. The SMILES string of the molecule is CCOC(=O)c1oc2c(c1C(F)(F)F)C(=O)CC1(CC1)C2. The van der Waals surface area contributed by atoms with Crippen LogP contribution in [0.2, 0.25) is 0 Å². The molecule has 21 heavy (non-hydrogen) atoms. The van der Waals surface area contributed by atoms with Gasteiger partial charge >= 0.3 is 12.1 Å². The summed E-state index contributed by atoms with van der Waals surface area (Å²) in [5.74, 6) is -2.71. The van der Waals surface area contributed by atoms with Crippen LogP contribution in [0.1, 0.15) is 58.4 Å². The molecule has 1 saturated carbocycles. The van der Waals surface area contributed by atoms with Gasteiger partial charge in [0.2, 0.25) is 5.76 Å². The van der Waals surface area contributed by atoms with Crippen LogP contribution < -0.4 is 0 Å². The number of carbonyl (C=O) groups excluding carboxylic acids is 2. The summed E-state index contributed by atoms with van der Waals surface area (Å²) in [4.78, 5) is 23.8. The molecule has 1 spiro atoms. The van der Waals surface area contributed by atoms with Gasteiger partial charge in [0.25, 0.3) is 0 Å². The first-order chi connectivity index (χ1) is 9.77. The molecule has 0 radical (unpaired) electrons. The maximum Gasteiger partial charge on any atom is 0.421 e. The fourth-order valence-electron chi connectivity index (χ4n) is 2.87. The molecule has 114 valence electrons. The summed E-state index contributed by atoms with van der Waals surface area (Å²) in [6.07, 6.45) is -2.87. The molecule has 1 aromatic rings. The monoisotopic (exact) mass is 302 g/mol. The molecule has 0 unspecified atom stereocenters. The van der Waals surface area contributed by atoms with Crippen LogP contribution in [0.4, 0.5) is 13.2 Å². The lowest BCUT2D eigenvalue weighted by Gasteiger charge is -2.19. The molecule has 0 aromatic carbocycles. The van der Waals surface area contributed by atoms with Crippen molar-refractivity contribution in [2.75, 3.05) is 6.61 Å². The summed E-state index contributed by atoms with van der Waals surface area (Å²) >= 11 is 0. The van der Waals surface area contributed by atoms with E-state index in [0.29, 0.717) is 0 Å². The first-order valence-corrected chi connectivity index (χ1v) is 6.70. The summed E-state index contributed by atoms with van der Waals surface area (Å²) in [6, 6.07) is 0. The number of rotatable bonds is 2. The van der Waals surface area contributed by atoms with Crippen LogP contribution in [0.5, 0.6) is 0 Å². The fraction of sp³-hybridized carbons (Fsp3) is 0.571. The molecule has 1 fully saturated rings. The van der Waals surface area contributed by atoms with Crippen LogP contribution in [-0.2, 0) is 17.3 Å². The summed E-state index contributed by atoms with van der Waals surface area (Å²) in [5, 5.41) is 0. The fourth-order valence-corrected chi connectivity index (χ4v) is 2.87. The van der Waals surface area contributed by atoms with E-state index in [-0.39, 0.29) is 30.6 Å². The van der Waals surface area contributed by atoms with E-state index < -0.39 is 34.8 Å². The Balaban J connectivity index is 2.14. The van der Waals surface area contributed by atoms with Crippen LogP contribution >= 0.6 is 0 Å². The van der Waals surface area contributed by atoms with Gasteiger partial charge in [-0.1, -0.05) is 0 Å². The molecule has 4 nitrogen and oxygen atoms in total. The van der Waals surface area contributed by atoms with E-state index in [4.69, 9.17) is 4.42 Å². The van der Waals surface area contributed by atoms with Gasteiger partial charge in [-0.2, -0.15) is 13.2 Å². The van der Waals surface area contributed by atoms with Crippen molar-refractivity contribution in [3.63, 3.8) is 0 Å². The molecule has 0 saturated heterocycles. The van der Waals surface area contributed by atoms with E-state index in [1.807, 2.05) is 0 Å². The predicted octanol–water partition coefficient (Wildman–Crippen LogP) is 3.38. The van der Waals surface area contributed by atoms with Crippen molar-refractivity contribution in [1.29, 1.82) is 0 Å². The van der Waals surface area contributed by atoms with Gasteiger partial charge in [0.1, 0.15) is 11.3 Å². The molecule has 1 heterocycles. The molecule has 0 aliphatic heterocycles. The van der Waals surface area contributed by atoms with Crippen molar-refractivity contribution in [2.45, 2.75) is 38.8 Å². The van der Waals surface area contributed by atoms with Crippen molar-refractivity contribution in [1.82, 2.24) is 0 Å². The number of fused-ring (bicyclic) bond motifs is 1. The number of esters is 1. The number of Topliss-reactive ketones (excluding diaryl/α,β-unsaturated/α-hetero) is 1. The second-order valence-electron chi connectivity index (χ2n) is 5.60. The number of carbonyl (C=O) groups is 2. The third-order valence-electron chi connectivity index (χ3n) is 4.03. The molecule has 7 heteroatoms. The van der Waals surface area contributed by atoms with Gasteiger partial charge in [0, 0.05) is 12.8 Å². The zero-order valence-electron chi connectivity index (χ0n) is 11.3. The van der Waals surface area contributed by atoms with E-state index in [1.165, 1.54) is 6.92 Å². The van der Waals surface area contributed by atoms with E-state index >= 15 is 0 Å². The minimum Gasteiger partial charge on any atom is -0.460 e. The van der Waals surface area contributed by atoms with E-state index in [2.05, 4.69) is 4.74 Å². The van der Waals surface area contributed by atoms with Crippen molar-refractivity contribution in [3.05, 3.63) is 22.6 Å². The van der Waals surface area contributed by atoms with Crippen LogP contribution in [-0.4, -0.2) is 18.4 Å². The Labute approximate surface area is 118 Å². The van der Waals surface area contributed by atoms with Crippen molar-refractivity contribution < 1.29 is 31.9 Å². The quantitative estimate of drug-likeness (QED) is 0.786. The normalized spacial score (nSPS) is 19.5. The second-order valence-corrected chi connectivity index (χ2v) is 5.60. The zero-order valence-corrected chi connectivity index (χ0v) is 11.3. The number of hydrogen-bond acceptors (Lipinski definition) is 4. The highest BCUT2D eigenvalue weighted by Gasteiger charge is 2.53. The topological polar surface area (TPSA) is 56.5 Å². The maximum atomic E-state index is 13.2. The second kappa shape index (κ2) is 4.35. The Morgan fingerprint density at radius 2 is 2.00 bits per heavy atom. The number of halogens is 3. The van der Waals surface area contributed by atoms with Gasteiger partial charge in [0.05, 0.1) is 12.2 Å². The molecule has 0 N–H and O–H groups in total. The Morgan fingerprint density at radius 3 is 2.52 bits per heavy atom. The standard InChI is InChI=1S/C14H13F3O4/c1-2-20-12(19)11-10(14(15,16)17)9-7(18)5-13(3-4-13)6-8(9)21-11/h2-6H2,1H3. The average molecular weight is 302 g/mol. The van der Waals surface area contributed by atoms with Gasteiger partial charge < -0.3 is 9.15 Å². The van der Waals surface area contributed by atoms with Gasteiger partial charge in [-0.3, -0.25) is 4.79 Å². The zero-order chi connectivity index (χ0) is 15.4. The third kappa shape index (κ3) is 2.24. The molecule has 3 rings (SSSR count). The molecule has 2 aliphatic carbocycles. The lowest BCUT2D eigenvalue weighted by molar-refractivity contribution is -0.138. The van der Waals surface area contributed by atoms with Crippen LogP contribution in [0.3, 0.4) is 0 Å². The molecule has 2 aliphatic rings. The highest BCUT2D eigenvalue weighted by atomic mass is 19.4. The average Bonchev–Trinajstić information content (AvgIpc) is 2.96. The maximum absolute atomic E-state index is 13.2. The van der Waals surface area contributed by atoms with Crippen LogP contribution in [0, 0.1) is 5.41 Å². The Hall–Kier alpha value is -1.79. The summed E-state index contributed by atoms with van der Waals surface area (Å²) in [5.41, 5.74) is -2.02. The van der Waals surface area contributed by atoms with Crippen molar-refractivity contribution in [3.8, 4) is 0 Å². The lowest BCUT2D eigenvalue weighted by Crippen LogP contribution is -2.23. The first kappa shape index (κ1) is 14.2. The van der Waals surface area contributed by atoms with Gasteiger partial charge in [-0.05, 0) is 25.2 Å². The molecule has 0 bridgehead atoms. The van der Waals surface area contributed by atoms with Crippen molar-refractivity contribution >= 4 is 11.8 Å². The van der Waals surface area contributed by atoms with E-state index in [9.17, 15) is 22.8 Å². The van der Waals surface area contributed by atoms with E-state index in [1.54, 1.807) is 0 Å². The van der Waals surface area contributed by atoms with Gasteiger partial charge in [-0.15, -0.1) is 0 Å². The molecule has 0 atom stereocenters. The van der Waals surface area contributed by atoms with Crippen molar-refractivity contribution in [2.24, 2.45) is 5.41 Å². The third-order valence-corrected chi connectivity index (χ3v) is 4.03. The largest absolute Gasteiger partial charge is 0.460 e. The predicted molar refractivity (Wildman–Crippen MR) is 64.0 cm³/mol. The van der Waals surface area contributed by atoms with Crippen LogP contribution in [0.25, 0.3) is 0 Å². The summed E-state index contributed by atoms with van der Waals surface area (Å²) < 4.78 is 49.4. The summed E-state index contributed by atoms with van der Waals surface area (Å²) in [7, 11) is 0. The molecule has 0 amide bonds. The summed E-state index contributed by atoms with van der Waals surface area (Å²) in [6.45, 7) is 1.41. The number of furan rings is 1. The van der Waals surface area contributed by atoms with E-state index in [0.717, 1.165) is 12.8 Å². The minimum absolute atomic E-state index is 0.0286. The highest BCUT2D eigenvalue weighted by molar-refractivity contribution is 6.03. The molecular weight excluding hydrogens is 289 g/mol. The van der Waals surface area contributed by atoms with Crippen LogP contribution in [0.15, 0.2) is 4.42 Å². The molecule has 1 aromatic heterocycles. The Bertz CT molecular complexity index is 623. The lowest BCUT2D eigenvalue weighted by atomic mass is 9.83. The Kier molecular flexibility index (Phi) is 2.93. The smallest absolute Gasteiger partial charge is 0.421 e. The number of ketones is 1. The number of hydrogen-bond donors (Lipinski definition) is 0. The number of ether oxygens (including phenoxy) is 1. The first-order valence-electron chi connectivity index (χ1n) is 6.70. The Morgan fingerprint density at radius 1 is 1.33 bits per heavy atom. The van der Waals surface area contributed by atoms with Gasteiger partial charge in [0.15, 0.2) is 5.78 Å². The number of alkyl halides is 3. The highest BCUT2D eigenvalue weighted by Crippen LogP contribution is 2.56.